The van der Waals surface area contributed by atoms with Crippen LogP contribution in [0.15, 0.2) is 46.1 Å². The molecule has 1 heterocycles. The van der Waals surface area contributed by atoms with Gasteiger partial charge in [0.25, 0.3) is 10.0 Å². The highest BCUT2D eigenvalue weighted by Crippen LogP contribution is 2.34. The number of ether oxygens (including phenoxy) is 2. The van der Waals surface area contributed by atoms with Gasteiger partial charge in [-0.3, -0.25) is 4.57 Å². The van der Waals surface area contributed by atoms with E-state index < -0.39 is 21.7 Å². The molecule has 176 valence electrons. The standard InChI is InChI=1S/C23H26N2O7S/c1-3-32-17-10-11-18-19(14-17)24(16-7-5-4-6-8-16)23(28)25(18)33(29,30)21-12-9-15(22(26)27)13-20(21)31-2/h9-14,16H,3-8H2,1-2H3,(H,26,27). The molecule has 0 spiro atoms. The number of carbonyl (C=O) groups is 1. The molecule has 1 aromatic heterocycles. The van der Waals surface area contributed by atoms with E-state index in [1.807, 2.05) is 6.92 Å². The van der Waals surface area contributed by atoms with Crippen molar-refractivity contribution in [1.29, 1.82) is 0 Å². The van der Waals surface area contributed by atoms with Crippen molar-refractivity contribution in [2.24, 2.45) is 0 Å². The lowest BCUT2D eigenvalue weighted by atomic mass is 9.95. The van der Waals surface area contributed by atoms with Gasteiger partial charge >= 0.3 is 11.7 Å². The fourth-order valence-electron chi connectivity index (χ4n) is 4.46. The number of fused-ring (bicyclic) bond motifs is 1. The minimum Gasteiger partial charge on any atom is -0.495 e. The van der Waals surface area contributed by atoms with Gasteiger partial charge in [-0.05, 0) is 50.1 Å². The second-order valence-corrected chi connectivity index (χ2v) is 9.72. The van der Waals surface area contributed by atoms with Crippen molar-refractivity contribution >= 4 is 27.0 Å². The molecule has 0 unspecified atom stereocenters. The molecule has 0 atom stereocenters. The quantitative estimate of drug-likeness (QED) is 0.555. The summed E-state index contributed by atoms with van der Waals surface area (Å²) in [5.74, 6) is -0.814. The lowest BCUT2D eigenvalue weighted by Gasteiger charge is -2.23. The Labute approximate surface area is 191 Å². The highest BCUT2D eigenvalue weighted by molar-refractivity contribution is 7.90. The van der Waals surface area contributed by atoms with Gasteiger partial charge in [0.15, 0.2) is 0 Å². The minimum absolute atomic E-state index is 0.113. The Hall–Kier alpha value is -3.27. The number of nitrogens with zero attached hydrogens (tertiary/aromatic N) is 2. The predicted molar refractivity (Wildman–Crippen MR) is 122 cm³/mol. The van der Waals surface area contributed by atoms with Gasteiger partial charge in [-0.25, -0.2) is 18.0 Å². The Balaban J connectivity index is 1.98. The maximum Gasteiger partial charge on any atom is 0.343 e. The first-order chi connectivity index (χ1) is 15.8. The Morgan fingerprint density at radius 1 is 1.09 bits per heavy atom. The third kappa shape index (κ3) is 3.99. The number of carboxylic acid groups (broad SMARTS) is 1. The molecule has 1 aliphatic rings. The van der Waals surface area contributed by atoms with Gasteiger partial charge in [-0.2, -0.15) is 3.97 Å². The number of imidazole rings is 1. The monoisotopic (exact) mass is 474 g/mol. The Bertz CT molecular complexity index is 1370. The van der Waals surface area contributed by atoms with Gasteiger partial charge in [0.05, 0.1) is 30.3 Å². The maximum absolute atomic E-state index is 13.7. The van der Waals surface area contributed by atoms with Crippen molar-refractivity contribution in [3.05, 3.63) is 52.4 Å². The molecule has 2 aromatic carbocycles. The van der Waals surface area contributed by atoms with E-state index in [2.05, 4.69) is 0 Å². The zero-order valence-corrected chi connectivity index (χ0v) is 19.3. The molecule has 1 aliphatic carbocycles. The highest BCUT2D eigenvalue weighted by Gasteiger charge is 2.31. The number of methoxy groups -OCH3 is 1. The third-order valence-electron chi connectivity index (χ3n) is 5.98. The van der Waals surface area contributed by atoms with Crippen molar-refractivity contribution in [1.82, 2.24) is 8.54 Å². The number of carboxylic acids is 1. The van der Waals surface area contributed by atoms with Gasteiger partial charge in [0.2, 0.25) is 0 Å². The first kappa shape index (κ1) is 22.9. The summed E-state index contributed by atoms with van der Waals surface area (Å²) >= 11 is 0. The molecule has 1 N–H and O–H groups in total. The Morgan fingerprint density at radius 2 is 1.82 bits per heavy atom. The van der Waals surface area contributed by atoms with Crippen molar-refractivity contribution in [2.75, 3.05) is 13.7 Å². The van der Waals surface area contributed by atoms with Gasteiger partial charge in [-0.1, -0.05) is 19.3 Å². The third-order valence-corrected chi connectivity index (χ3v) is 7.71. The molecular formula is C23H26N2O7S. The minimum atomic E-state index is -4.40. The van der Waals surface area contributed by atoms with Crippen LogP contribution in [0.5, 0.6) is 11.5 Å². The molecule has 3 aromatic rings. The largest absolute Gasteiger partial charge is 0.495 e. The van der Waals surface area contributed by atoms with Gasteiger partial charge in [0.1, 0.15) is 16.4 Å². The van der Waals surface area contributed by atoms with E-state index in [0.29, 0.717) is 17.9 Å². The van der Waals surface area contributed by atoms with Crippen LogP contribution in [-0.2, 0) is 10.0 Å². The molecule has 4 rings (SSSR count). The lowest BCUT2D eigenvalue weighted by Crippen LogP contribution is -2.32. The number of benzene rings is 2. The van der Waals surface area contributed by atoms with E-state index in [0.717, 1.165) is 48.2 Å². The van der Waals surface area contributed by atoms with E-state index >= 15 is 0 Å². The number of hydrogen-bond acceptors (Lipinski definition) is 6. The summed E-state index contributed by atoms with van der Waals surface area (Å²) in [7, 11) is -3.15. The Kier molecular flexibility index (Phi) is 6.20. The van der Waals surface area contributed by atoms with Crippen molar-refractivity contribution in [3.8, 4) is 11.5 Å². The smallest absolute Gasteiger partial charge is 0.343 e. The molecule has 1 fully saturated rings. The summed E-state index contributed by atoms with van der Waals surface area (Å²) in [4.78, 5) is 24.7. The van der Waals surface area contributed by atoms with Crippen LogP contribution >= 0.6 is 0 Å². The molecule has 9 nitrogen and oxygen atoms in total. The normalized spacial score (nSPS) is 15.0. The fourth-order valence-corrected chi connectivity index (χ4v) is 6.00. The maximum atomic E-state index is 13.7. The summed E-state index contributed by atoms with van der Waals surface area (Å²) in [6, 6.07) is 8.25. The topological polar surface area (TPSA) is 117 Å². The van der Waals surface area contributed by atoms with E-state index in [9.17, 15) is 23.1 Å². The zero-order chi connectivity index (χ0) is 23.8. The van der Waals surface area contributed by atoms with Crippen LogP contribution in [0.1, 0.15) is 55.4 Å². The van der Waals surface area contributed by atoms with E-state index in [1.165, 1.54) is 13.2 Å². The average molecular weight is 475 g/mol. The number of hydrogen-bond donors (Lipinski definition) is 1. The second-order valence-electron chi connectivity index (χ2n) is 7.97. The molecule has 0 radical (unpaired) electrons. The molecule has 10 heteroatoms. The van der Waals surface area contributed by atoms with Crippen molar-refractivity contribution in [2.45, 2.75) is 50.0 Å². The summed E-state index contributed by atoms with van der Waals surface area (Å²) in [5, 5.41) is 9.24. The molecule has 0 aliphatic heterocycles. The van der Waals surface area contributed by atoms with Crippen LogP contribution in [0.25, 0.3) is 11.0 Å². The average Bonchev–Trinajstić information content (AvgIpc) is 3.11. The molecular weight excluding hydrogens is 448 g/mol. The van der Waals surface area contributed by atoms with Crippen LogP contribution < -0.4 is 15.2 Å². The number of aromatic nitrogens is 2. The van der Waals surface area contributed by atoms with Crippen molar-refractivity contribution in [3.63, 3.8) is 0 Å². The number of aromatic carboxylic acids is 1. The fraction of sp³-hybridized carbons (Fsp3) is 0.391. The summed E-state index contributed by atoms with van der Waals surface area (Å²) in [6.45, 7) is 2.28. The van der Waals surface area contributed by atoms with Crippen molar-refractivity contribution < 1.29 is 27.8 Å². The molecule has 1 saturated carbocycles. The van der Waals surface area contributed by atoms with Gasteiger partial charge < -0.3 is 14.6 Å². The SMILES string of the molecule is CCOc1ccc2c(c1)n(C1CCCCC1)c(=O)n2S(=O)(=O)c1ccc(C(=O)O)cc1OC. The van der Waals surface area contributed by atoms with Crippen LogP contribution in [0, 0.1) is 0 Å². The second kappa shape index (κ2) is 8.93. The van der Waals surface area contributed by atoms with Crippen LogP contribution in [-0.4, -0.2) is 41.7 Å². The first-order valence-electron chi connectivity index (χ1n) is 10.9. The molecule has 0 saturated heterocycles. The van der Waals surface area contributed by atoms with Crippen LogP contribution in [0.2, 0.25) is 0 Å². The molecule has 0 amide bonds. The lowest BCUT2D eigenvalue weighted by molar-refractivity contribution is 0.0696. The van der Waals surface area contributed by atoms with E-state index in [-0.39, 0.29) is 27.8 Å². The first-order valence-corrected chi connectivity index (χ1v) is 12.3. The highest BCUT2D eigenvalue weighted by atomic mass is 32.2. The molecule has 33 heavy (non-hydrogen) atoms. The van der Waals surface area contributed by atoms with E-state index in [4.69, 9.17) is 9.47 Å². The number of rotatable bonds is 7. The Morgan fingerprint density at radius 3 is 2.45 bits per heavy atom. The van der Waals surface area contributed by atoms with Crippen LogP contribution in [0.3, 0.4) is 0 Å². The van der Waals surface area contributed by atoms with Crippen LogP contribution in [0.4, 0.5) is 0 Å². The molecule has 0 bridgehead atoms. The van der Waals surface area contributed by atoms with Gasteiger partial charge in [-0.15, -0.1) is 0 Å². The summed E-state index contributed by atoms with van der Waals surface area (Å²) in [5.41, 5.74) is -0.0556. The zero-order valence-electron chi connectivity index (χ0n) is 18.5. The summed E-state index contributed by atoms with van der Waals surface area (Å²) < 4.78 is 40.6. The van der Waals surface area contributed by atoms with E-state index in [1.54, 1.807) is 22.8 Å². The van der Waals surface area contributed by atoms with Gasteiger partial charge in [0, 0.05) is 12.1 Å². The summed E-state index contributed by atoms with van der Waals surface area (Å²) in [6.07, 6.45) is 4.58. The predicted octanol–water partition coefficient (Wildman–Crippen LogP) is 3.65.